The van der Waals surface area contributed by atoms with E-state index in [4.69, 9.17) is 18.1 Å². The largest absolute Gasteiger partial charge is 0.334 e. The van der Waals surface area contributed by atoms with Crippen LogP contribution in [-0.4, -0.2) is 25.4 Å². The van der Waals surface area contributed by atoms with E-state index in [0.29, 0.717) is 13.2 Å². The maximum absolute atomic E-state index is 5.21. The summed E-state index contributed by atoms with van der Waals surface area (Å²) in [5, 5.41) is 0. The van der Waals surface area contributed by atoms with Crippen LogP contribution in [0.4, 0.5) is 0 Å². The fourth-order valence-electron chi connectivity index (χ4n) is 0.427. The lowest BCUT2D eigenvalue weighted by Gasteiger charge is -2.08. The second kappa shape index (κ2) is 10.2. The van der Waals surface area contributed by atoms with Gasteiger partial charge in [-0.3, -0.25) is 0 Å². The summed E-state index contributed by atoms with van der Waals surface area (Å²) in [7, 11) is 0.204. The topological polar surface area (TPSA) is 36.9 Å². The van der Waals surface area contributed by atoms with E-state index in [1.54, 1.807) is 0 Å². The molecule has 0 aliphatic rings. The van der Waals surface area contributed by atoms with Crippen LogP contribution in [-0.2, 0) is 18.1 Å². The number of hydrogen-bond donors (Lipinski definition) is 0. The van der Waals surface area contributed by atoms with Crippen molar-refractivity contribution in [3.63, 3.8) is 0 Å². The van der Waals surface area contributed by atoms with Gasteiger partial charge in [0.05, 0.1) is 25.4 Å². The van der Waals surface area contributed by atoms with Gasteiger partial charge in [-0.1, -0.05) is 0 Å². The molecule has 0 aliphatic carbocycles. The van der Waals surface area contributed by atoms with Crippen LogP contribution in [0.15, 0.2) is 0 Å². The minimum absolute atomic E-state index is 0.102. The van der Waals surface area contributed by atoms with Crippen LogP contribution in [0.1, 0.15) is 27.7 Å². The minimum Gasteiger partial charge on any atom is -0.334 e. The molecule has 0 aromatic carbocycles. The molecule has 2 atom stereocenters. The average Bonchev–Trinajstić information content (AvgIpc) is 2.08. The SMILES string of the molecule is CC(C)OPOCCOPOC(C)C. The van der Waals surface area contributed by atoms with Crippen molar-refractivity contribution < 1.29 is 18.1 Å². The first-order valence-corrected chi connectivity index (χ1v) is 6.31. The van der Waals surface area contributed by atoms with E-state index in [9.17, 15) is 0 Å². The fourth-order valence-corrected chi connectivity index (χ4v) is 1.28. The molecule has 0 N–H and O–H groups in total. The van der Waals surface area contributed by atoms with Crippen LogP contribution < -0.4 is 0 Å². The summed E-state index contributed by atoms with van der Waals surface area (Å²) in [6, 6.07) is 0. The Morgan fingerprint density at radius 2 is 1.14 bits per heavy atom. The van der Waals surface area contributed by atoms with Gasteiger partial charge >= 0.3 is 0 Å². The number of hydrogen-bond acceptors (Lipinski definition) is 4. The van der Waals surface area contributed by atoms with E-state index in [1.165, 1.54) is 0 Å². The summed E-state index contributed by atoms with van der Waals surface area (Å²) in [6.07, 6.45) is 0.445. The Morgan fingerprint density at radius 3 is 1.43 bits per heavy atom. The van der Waals surface area contributed by atoms with E-state index < -0.39 is 0 Å². The summed E-state index contributed by atoms with van der Waals surface area (Å²) in [4.78, 5) is 0. The van der Waals surface area contributed by atoms with Gasteiger partial charge in [0.2, 0.25) is 0 Å². The van der Waals surface area contributed by atoms with Gasteiger partial charge in [0.25, 0.3) is 0 Å². The highest BCUT2D eigenvalue weighted by Crippen LogP contribution is 2.18. The van der Waals surface area contributed by atoms with Crippen molar-refractivity contribution in [1.29, 1.82) is 0 Å². The quantitative estimate of drug-likeness (QED) is 0.460. The normalized spacial score (nSPS) is 13.3. The van der Waals surface area contributed by atoms with Crippen molar-refractivity contribution in [2.75, 3.05) is 13.2 Å². The summed E-state index contributed by atoms with van der Waals surface area (Å²) < 4.78 is 20.8. The molecule has 0 saturated carbocycles. The second-order valence-corrected chi connectivity index (χ2v) is 4.58. The first-order valence-electron chi connectivity index (χ1n) is 4.67. The smallest absolute Gasteiger partial charge is 0.155 e. The van der Waals surface area contributed by atoms with Crippen LogP contribution in [0.25, 0.3) is 0 Å². The van der Waals surface area contributed by atoms with Crippen molar-refractivity contribution in [2.45, 2.75) is 39.9 Å². The molecule has 0 aromatic rings. The monoisotopic (exact) mass is 242 g/mol. The Hall–Kier alpha value is 0.700. The molecule has 6 heteroatoms. The molecule has 0 spiro atoms. The maximum atomic E-state index is 5.21. The van der Waals surface area contributed by atoms with E-state index in [2.05, 4.69) is 0 Å². The summed E-state index contributed by atoms with van der Waals surface area (Å²) in [6.45, 7) is 9.02. The molecule has 4 nitrogen and oxygen atoms in total. The molecular weight excluding hydrogens is 222 g/mol. The zero-order chi connectivity index (χ0) is 10.8. The van der Waals surface area contributed by atoms with Crippen LogP contribution >= 0.6 is 18.1 Å². The third kappa shape index (κ3) is 12.7. The first-order chi connectivity index (χ1) is 6.63. The Labute approximate surface area is 89.9 Å². The molecule has 14 heavy (non-hydrogen) atoms. The Morgan fingerprint density at radius 1 is 0.786 bits per heavy atom. The van der Waals surface area contributed by atoms with E-state index >= 15 is 0 Å². The van der Waals surface area contributed by atoms with E-state index in [-0.39, 0.29) is 30.3 Å². The Bertz CT molecular complexity index is 108. The van der Waals surface area contributed by atoms with Crippen molar-refractivity contribution in [3.8, 4) is 0 Å². The number of rotatable bonds is 9. The van der Waals surface area contributed by atoms with E-state index in [1.807, 2.05) is 27.7 Å². The molecule has 0 aromatic heterocycles. The summed E-state index contributed by atoms with van der Waals surface area (Å²) in [5.74, 6) is 0. The van der Waals surface area contributed by atoms with Crippen LogP contribution in [0.3, 0.4) is 0 Å². The predicted octanol–water partition coefficient (Wildman–Crippen LogP) is 2.89. The standard InChI is InChI=1S/C8H20O4P2/c1-7(2)11-13-9-5-6-10-14-12-8(3)4/h7-8,13-14H,5-6H2,1-4H3. The lowest BCUT2D eigenvalue weighted by atomic mass is 10.5. The minimum atomic E-state index is 0.102. The van der Waals surface area contributed by atoms with Crippen molar-refractivity contribution in [1.82, 2.24) is 0 Å². The third-order valence-electron chi connectivity index (χ3n) is 0.973. The lowest BCUT2D eigenvalue weighted by Crippen LogP contribution is -1.99. The molecule has 0 amide bonds. The van der Waals surface area contributed by atoms with Crippen LogP contribution in [0, 0.1) is 0 Å². The van der Waals surface area contributed by atoms with Crippen LogP contribution in [0.5, 0.6) is 0 Å². The predicted molar refractivity (Wildman–Crippen MR) is 61.0 cm³/mol. The molecule has 0 heterocycles. The van der Waals surface area contributed by atoms with Gasteiger partial charge in [-0.05, 0) is 27.7 Å². The van der Waals surface area contributed by atoms with Gasteiger partial charge in [-0.2, -0.15) is 0 Å². The van der Waals surface area contributed by atoms with Gasteiger partial charge in [0, 0.05) is 0 Å². The zero-order valence-corrected chi connectivity index (χ0v) is 11.2. The third-order valence-corrected chi connectivity index (χ3v) is 2.75. The van der Waals surface area contributed by atoms with Gasteiger partial charge in [-0.15, -0.1) is 0 Å². The van der Waals surface area contributed by atoms with Gasteiger partial charge < -0.3 is 18.1 Å². The van der Waals surface area contributed by atoms with Crippen LogP contribution in [0.2, 0.25) is 0 Å². The molecule has 2 unspecified atom stereocenters. The highest BCUT2D eigenvalue weighted by atomic mass is 31.1. The summed E-state index contributed by atoms with van der Waals surface area (Å²) >= 11 is 0. The Kier molecular flexibility index (Phi) is 10.7. The van der Waals surface area contributed by atoms with Gasteiger partial charge in [0.15, 0.2) is 18.1 Å². The molecule has 0 rings (SSSR count). The van der Waals surface area contributed by atoms with Crippen molar-refractivity contribution >= 4 is 18.1 Å². The molecule has 0 aliphatic heterocycles. The zero-order valence-electron chi connectivity index (χ0n) is 9.20. The average molecular weight is 242 g/mol. The molecule has 0 radical (unpaired) electrons. The second-order valence-electron chi connectivity index (χ2n) is 3.20. The highest BCUT2D eigenvalue weighted by Gasteiger charge is 1.95. The molecule has 0 bridgehead atoms. The lowest BCUT2D eigenvalue weighted by molar-refractivity contribution is 0.176. The van der Waals surface area contributed by atoms with Gasteiger partial charge in [0.1, 0.15) is 0 Å². The highest BCUT2D eigenvalue weighted by molar-refractivity contribution is 7.26. The van der Waals surface area contributed by atoms with E-state index in [0.717, 1.165) is 0 Å². The Balaban J connectivity index is 2.92. The van der Waals surface area contributed by atoms with Gasteiger partial charge in [-0.25, -0.2) is 0 Å². The molecule has 0 saturated heterocycles. The molecule has 86 valence electrons. The first kappa shape index (κ1) is 14.7. The fraction of sp³-hybridized carbons (Fsp3) is 1.00. The maximum Gasteiger partial charge on any atom is 0.155 e. The molecule has 0 fully saturated rings. The molecular formula is C8H20O4P2. The summed E-state index contributed by atoms with van der Waals surface area (Å²) in [5.41, 5.74) is 0. The van der Waals surface area contributed by atoms with Crippen molar-refractivity contribution in [2.24, 2.45) is 0 Å². The van der Waals surface area contributed by atoms with Crippen molar-refractivity contribution in [3.05, 3.63) is 0 Å².